The fourth-order valence-electron chi connectivity index (χ4n) is 9.77. The van der Waals surface area contributed by atoms with Gasteiger partial charge in [0, 0.05) is 12.8 Å². The number of phosphoric ester groups is 1. The lowest BCUT2D eigenvalue weighted by Gasteiger charge is -2.27. The van der Waals surface area contributed by atoms with Gasteiger partial charge < -0.3 is 19.4 Å². The number of hydrogen-bond acceptors (Lipinski definition) is 6. The topological polar surface area (TPSA) is 111 Å². The number of allylic oxidation sites excluding steroid dienone is 1. The minimum atomic E-state index is -4.44. The minimum Gasteiger partial charge on any atom is -0.456 e. The Hall–Kier alpha value is -1.25. The van der Waals surface area contributed by atoms with E-state index in [4.69, 9.17) is 13.8 Å². The highest BCUT2D eigenvalue weighted by molar-refractivity contribution is 7.47. The van der Waals surface area contributed by atoms with Crippen LogP contribution >= 0.6 is 7.82 Å². The van der Waals surface area contributed by atoms with Crippen LogP contribution in [0.25, 0.3) is 0 Å². The molecule has 0 saturated heterocycles. The molecule has 0 spiro atoms. The van der Waals surface area contributed by atoms with Gasteiger partial charge in [-0.1, -0.05) is 297 Å². The van der Waals surface area contributed by atoms with Gasteiger partial charge in [0.05, 0.1) is 33.8 Å². The summed E-state index contributed by atoms with van der Waals surface area (Å²) in [6.45, 7) is 7.07. The van der Waals surface area contributed by atoms with Gasteiger partial charge in [0.15, 0.2) is 0 Å². The Bertz CT molecular complexity index is 1260. The third-order valence-electron chi connectivity index (χ3n) is 14.7. The Morgan fingerprint density at radius 2 is 0.781 bits per heavy atom. The maximum Gasteiger partial charge on any atom is 0.472 e. The molecule has 0 aliphatic rings. The van der Waals surface area contributed by atoms with Crippen molar-refractivity contribution in [3.8, 4) is 0 Å². The summed E-state index contributed by atoms with van der Waals surface area (Å²) >= 11 is 0. The average Bonchev–Trinajstić information content (AvgIpc) is 3.35. The molecule has 1 amide bonds. The van der Waals surface area contributed by atoms with Crippen LogP contribution in [-0.2, 0) is 27.9 Å². The minimum absolute atomic E-state index is 0.0458. The molecule has 0 aromatic heterocycles. The van der Waals surface area contributed by atoms with Crippen LogP contribution in [0.15, 0.2) is 12.2 Å². The monoisotopic (exact) mass is 1050 g/mol. The zero-order chi connectivity index (χ0) is 53.6. The normalized spacial score (nSPS) is 13.7. The lowest BCUT2D eigenvalue weighted by Crippen LogP contribution is -2.47. The summed E-state index contributed by atoms with van der Waals surface area (Å²) in [6.07, 6.45) is 62.0. The average molecular weight is 1050 g/mol. The van der Waals surface area contributed by atoms with Crippen molar-refractivity contribution >= 4 is 19.7 Å². The van der Waals surface area contributed by atoms with E-state index in [0.29, 0.717) is 23.9 Å². The predicted molar refractivity (Wildman–Crippen MR) is 314 cm³/mol. The largest absolute Gasteiger partial charge is 0.472 e. The van der Waals surface area contributed by atoms with Gasteiger partial charge in [-0.3, -0.25) is 18.6 Å². The third kappa shape index (κ3) is 55.3. The third-order valence-corrected chi connectivity index (χ3v) is 15.7. The molecule has 0 bridgehead atoms. The van der Waals surface area contributed by atoms with E-state index in [1.807, 2.05) is 33.3 Å². The van der Waals surface area contributed by atoms with Crippen molar-refractivity contribution < 1.29 is 37.3 Å². The second-order valence-corrected chi connectivity index (χ2v) is 24.8. The summed E-state index contributed by atoms with van der Waals surface area (Å²) in [5.74, 6) is -0.482. The number of carbonyl (C=O) groups excluding carboxylic acids is 2. The number of unbranched alkanes of at least 4 members (excludes halogenated alkanes) is 43. The summed E-state index contributed by atoms with van der Waals surface area (Å²) in [4.78, 5) is 37.7. The van der Waals surface area contributed by atoms with Crippen LogP contribution in [0.3, 0.4) is 0 Å². The summed E-state index contributed by atoms with van der Waals surface area (Å²) < 4.78 is 30.7. The number of esters is 1. The van der Waals surface area contributed by atoms with Crippen molar-refractivity contribution in [1.29, 1.82) is 0 Å². The predicted octanol–water partition coefficient (Wildman–Crippen LogP) is 19.6. The van der Waals surface area contributed by atoms with Crippen LogP contribution in [0, 0.1) is 0 Å². The molecule has 0 rings (SSSR count). The number of nitrogens with zero attached hydrogens (tertiary/aromatic N) is 1. The van der Waals surface area contributed by atoms with E-state index in [-0.39, 0.29) is 25.1 Å². The molecule has 0 saturated carbocycles. The quantitative estimate of drug-likeness (QED) is 0.0205. The first kappa shape index (κ1) is 71.8. The zero-order valence-corrected chi connectivity index (χ0v) is 50.6. The Balaban J connectivity index is 5.18. The fourth-order valence-corrected chi connectivity index (χ4v) is 10.5. The Morgan fingerprint density at radius 3 is 1.12 bits per heavy atom. The van der Waals surface area contributed by atoms with Crippen molar-refractivity contribution in [2.75, 3.05) is 40.9 Å². The highest BCUT2D eigenvalue weighted by atomic mass is 31.2. The molecule has 9 nitrogen and oxygen atoms in total. The number of rotatable bonds is 59. The van der Waals surface area contributed by atoms with Gasteiger partial charge in [-0.05, 0) is 31.8 Å². The molecule has 73 heavy (non-hydrogen) atoms. The van der Waals surface area contributed by atoms with Crippen LogP contribution < -0.4 is 5.32 Å². The molecule has 0 aliphatic heterocycles. The van der Waals surface area contributed by atoms with E-state index in [9.17, 15) is 19.0 Å². The smallest absolute Gasteiger partial charge is 0.456 e. The molecule has 10 heteroatoms. The van der Waals surface area contributed by atoms with Crippen LogP contribution in [0.4, 0.5) is 0 Å². The maximum atomic E-state index is 13.5. The first-order valence-corrected chi connectivity index (χ1v) is 33.5. The Morgan fingerprint density at radius 1 is 0.466 bits per heavy atom. The van der Waals surface area contributed by atoms with Crippen LogP contribution in [0.5, 0.6) is 0 Å². The number of carbonyl (C=O) groups is 2. The SMILES string of the molecule is CCCCCCCCCCCC/C=C/C(OC(=O)CCCCCCCCCCCCCCCCCCCCC)C(COP(=O)(O)OCC[N+](C)(C)C)NC(=O)CCCCCCCCCCCCCCCCCC. The van der Waals surface area contributed by atoms with E-state index in [0.717, 1.165) is 57.8 Å². The highest BCUT2D eigenvalue weighted by Gasteiger charge is 2.30. The Kier molecular flexibility index (Phi) is 53.2. The molecule has 0 aliphatic carbocycles. The van der Waals surface area contributed by atoms with Gasteiger partial charge in [-0.2, -0.15) is 0 Å². The second-order valence-electron chi connectivity index (χ2n) is 23.3. The van der Waals surface area contributed by atoms with Crippen LogP contribution in [0.1, 0.15) is 329 Å². The number of amides is 1. The molecule has 3 atom stereocenters. The molecule has 0 aromatic carbocycles. The number of ether oxygens (including phenoxy) is 1. The van der Waals surface area contributed by atoms with E-state index in [1.54, 1.807) is 0 Å². The first-order valence-electron chi connectivity index (χ1n) is 32.0. The van der Waals surface area contributed by atoms with Crippen molar-refractivity contribution in [3.63, 3.8) is 0 Å². The summed E-state index contributed by atoms with van der Waals surface area (Å²) in [7, 11) is 1.52. The van der Waals surface area contributed by atoms with E-state index in [1.165, 1.54) is 238 Å². The van der Waals surface area contributed by atoms with Crippen molar-refractivity contribution in [1.82, 2.24) is 5.32 Å². The summed E-state index contributed by atoms with van der Waals surface area (Å²) in [5, 5.41) is 3.07. The van der Waals surface area contributed by atoms with E-state index >= 15 is 0 Å². The molecule has 434 valence electrons. The number of quaternary nitrogens is 1. The van der Waals surface area contributed by atoms with Gasteiger partial charge in [0.25, 0.3) is 0 Å². The molecule has 3 unspecified atom stereocenters. The maximum absolute atomic E-state index is 13.5. The number of nitrogens with one attached hydrogen (secondary N) is 1. The molecule has 0 aromatic rings. The number of likely N-dealkylation sites (N-methyl/N-ethyl adjacent to an activating group) is 1. The van der Waals surface area contributed by atoms with Gasteiger partial charge in [-0.25, -0.2) is 4.57 Å². The van der Waals surface area contributed by atoms with Crippen molar-refractivity contribution in [2.24, 2.45) is 0 Å². The Labute approximate surface area is 454 Å². The fraction of sp³-hybridized carbons (Fsp3) is 0.937. The molecule has 0 heterocycles. The van der Waals surface area contributed by atoms with Crippen molar-refractivity contribution in [3.05, 3.63) is 12.2 Å². The lowest BCUT2D eigenvalue weighted by molar-refractivity contribution is -0.870. The van der Waals surface area contributed by atoms with Crippen LogP contribution in [-0.4, -0.2) is 74.3 Å². The number of hydrogen-bond donors (Lipinski definition) is 2. The van der Waals surface area contributed by atoms with Gasteiger partial charge in [-0.15, -0.1) is 0 Å². The lowest BCUT2D eigenvalue weighted by atomic mass is 10.0. The van der Waals surface area contributed by atoms with Gasteiger partial charge in [0.1, 0.15) is 19.3 Å². The standard InChI is InChI=1S/C63H125N2O7P/c1-7-10-13-16-19-22-25-28-30-32-33-34-36-38-41-44-47-50-53-56-63(67)72-61(54-51-48-45-42-39-27-24-21-18-15-12-9-3)60(59-71-73(68,69)70-58-57-65(4,5)6)64-62(66)55-52-49-46-43-40-37-35-31-29-26-23-20-17-14-11-8-2/h51,54,60-61H,7-50,52-53,55-59H2,1-6H3,(H-,64,66,68,69)/p+1/b54-51+. The zero-order valence-electron chi connectivity index (χ0n) is 49.7. The first-order chi connectivity index (χ1) is 35.4. The van der Waals surface area contributed by atoms with Gasteiger partial charge in [0.2, 0.25) is 5.91 Å². The van der Waals surface area contributed by atoms with Crippen molar-refractivity contribution in [2.45, 2.75) is 341 Å². The molecule has 0 radical (unpaired) electrons. The van der Waals surface area contributed by atoms with Crippen LogP contribution in [0.2, 0.25) is 0 Å². The van der Waals surface area contributed by atoms with E-state index in [2.05, 4.69) is 26.1 Å². The van der Waals surface area contributed by atoms with Gasteiger partial charge >= 0.3 is 13.8 Å². The summed E-state index contributed by atoms with van der Waals surface area (Å²) in [6, 6.07) is -0.839. The molecule has 0 fully saturated rings. The molecule has 2 N–H and O–H groups in total. The second kappa shape index (κ2) is 54.1. The number of phosphoric acid groups is 1. The highest BCUT2D eigenvalue weighted by Crippen LogP contribution is 2.43. The summed E-state index contributed by atoms with van der Waals surface area (Å²) in [5.41, 5.74) is 0. The molecular weight excluding hydrogens is 928 g/mol. The molecular formula is C63H126N2O7P+. The van der Waals surface area contributed by atoms with E-state index < -0.39 is 20.0 Å².